The fourth-order valence-corrected chi connectivity index (χ4v) is 2.99. The van der Waals surface area contributed by atoms with Crippen molar-refractivity contribution in [2.75, 3.05) is 12.0 Å². The Morgan fingerprint density at radius 3 is 2.86 bits per heavy atom. The van der Waals surface area contributed by atoms with E-state index in [0.29, 0.717) is 11.5 Å². The number of hydrogen-bond donors (Lipinski definition) is 1. The summed E-state index contributed by atoms with van der Waals surface area (Å²) in [5.74, 6) is 0.733. The van der Waals surface area contributed by atoms with Gasteiger partial charge in [-0.3, -0.25) is 9.89 Å². The van der Waals surface area contributed by atoms with E-state index in [1.165, 1.54) is 0 Å². The number of esters is 1. The summed E-state index contributed by atoms with van der Waals surface area (Å²) in [7, 11) is 0. The summed E-state index contributed by atoms with van der Waals surface area (Å²) in [4.78, 5) is 12.5. The molecule has 0 radical (unpaired) electrons. The van der Waals surface area contributed by atoms with Crippen molar-refractivity contribution >= 4 is 28.6 Å². The number of nitrogens with zero attached hydrogens (tertiary/aromatic N) is 1. The van der Waals surface area contributed by atoms with Crippen molar-refractivity contribution < 1.29 is 9.53 Å². The standard InChI is InChI=1S/C17H16N2O2S/c1-22-11-15(12-5-3-2-4-6-12)17(20)21-14-7-8-16-13(9-14)10-18-19-16/h2-10,15H,11H2,1H3,(H,18,19)/t15-/m0/s1. The first-order valence-electron chi connectivity index (χ1n) is 6.96. The molecule has 0 saturated carbocycles. The first-order chi connectivity index (χ1) is 10.8. The van der Waals surface area contributed by atoms with Crippen LogP contribution in [0.2, 0.25) is 0 Å². The van der Waals surface area contributed by atoms with E-state index in [1.807, 2.05) is 48.7 Å². The Morgan fingerprint density at radius 1 is 1.27 bits per heavy atom. The molecule has 1 atom stereocenters. The van der Waals surface area contributed by atoms with Crippen LogP contribution in [0.5, 0.6) is 5.75 Å². The van der Waals surface area contributed by atoms with Crippen LogP contribution in [0.15, 0.2) is 54.7 Å². The molecule has 3 rings (SSSR count). The summed E-state index contributed by atoms with van der Waals surface area (Å²) < 4.78 is 5.57. The first-order valence-corrected chi connectivity index (χ1v) is 8.36. The normalized spacial score (nSPS) is 12.2. The first kappa shape index (κ1) is 14.7. The number of H-pyrrole nitrogens is 1. The second-order valence-electron chi connectivity index (χ2n) is 4.96. The van der Waals surface area contributed by atoms with Crippen molar-refractivity contribution in [2.24, 2.45) is 0 Å². The Hall–Kier alpha value is -2.27. The predicted molar refractivity (Wildman–Crippen MR) is 89.3 cm³/mol. The molecule has 0 spiro atoms. The molecule has 0 unspecified atom stereocenters. The van der Waals surface area contributed by atoms with Crippen LogP contribution in [0.25, 0.3) is 10.9 Å². The highest BCUT2D eigenvalue weighted by Crippen LogP contribution is 2.24. The van der Waals surface area contributed by atoms with E-state index in [9.17, 15) is 4.79 Å². The van der Waals surface area contributed by atoms with E-state index in [4.69, 9.17) is 4.74 Å². The van der Waals surface area contributed by atoms with Gasteiger partial charge in [0.25, 0.3) is 0 Å². The second kappa shape index (κ2) is 6.66. The van der Waals surface area contributed by atoms with Crippen LogP contribution in [0.4, 0.5) is 0 Å². The van der Waals surface area contributed by atoms with Crippen molar-refractivity contribution in [2.45, 2.75) is 5.92 Å². The molecule has 1 N–H and O–H groups in total. The lowest BCUT2D eigenvalue weighted by Gasteiger charge is -2.15. The van der Waals surface area contributed by atoms with Gasteiger partial charge in [0.2, 0.25) is 0 Å². The number of rotatable bonds is 5. The van der Waals surface area contributed by atoms with Gasteiger partial charge in [-0.2, -0.15) is 16.9 Å². The number of fused-ring (bicyclic) bond motifs is 1. The van der Waals surface area contributed by atoms with Crippen molar-refractivity contribution in [3.8, 4) is 5.75 Å². The minimum atomic E-state index is -0.267. The van der Waals surface area contributed by atoms with Gasteiger partial charge in [0, 0.05) is 11.1 Å². The third-order valence-electron chi connectivity index (χ3n) is 3.45. The number of benzene rings is 2. The van der Waals surface area contributed by atoms with Crippen LogP contribution >= 0.6 is 11.8 Å². The molecule has 0 bridgehead atoms. The second-order valence-corrected chi connectivity index (χ2v) is 5.87. The van der Waals surface area contributed by atoms with E-state index < -0.39 is 0 Å². The summed E-state index contributed by atoms with van der Waals surface area (Å²) in [6, 6.07) is 15.2. The van der Waals surface area contributed by atoms with Crippen LogP contribution in [0.1, 0.15) is 11.5 Å². The third kappa shape index (κ3) is 3.14. The number of hydrogen-bond acceptors (Lipinski definition) is 4. The molecule has 0 aliphatic heterocycles. The number of aromatic nitrogens is 2. The average Bonchev–Trinajstić information content (AvgIpc) is 3.01. The zero-order valence-corrected chi connectivity index (χ0v) is 13.0. The van der Waals surface area contributed by atoms with Gasteiger partial charge >= 0.3 is 5.97 Å². The maximum Gasteiger partial charge on any atom is 0.319 e. The highest BCUT2D eigenvalue weighted by Gasteiger charge is 2.22. The number of nitrogens with one attached hydrogen (secondary N) is 1. The van der Waals surface area contributed by atoms with Gasteiger partial charge in [-0.05, 0) is 30.0 Å². The maximum atomic E-state index is 12.5. The zero-order chi connectivity index (χ0) is 15.4. The van der Waals surface area contributed by atoms with E-state index in [2.05, 4.69) is 10.2 Å². The molecular weight excluding hydrogens is 296 g/mol. The largest absolute Gasteiger partial charge is 0.426 e. The summed E-state index contributed by atoms with van der Waals surface area (Å²) >= 11 is 1.63. The lowest BCUT2D eigenvalue weighted by Crippen LogP contribution is -2.20. The van der Waals surface area contributed by atoms with E-state index in [0.717, 1.165) is 16.5 Å². The van der Waals surface area contributed by atoms with Gasteiger partial charge in [0.05, 0.1) is 17.6 Å². The Labute approximate surface area is 132 Å². The average molecular weight is 312 g/mol. The molecule has 1 aromatic heterocycles. The number of ether oxygens (including phenoxy) is 1. The Bertz CT molecular complexity index is 770. The number of carbonyl (C=O) groups excluding carboxylic acids is 1. The van der Waals surface area contributed by atoms with Crippen LogP contribution in [0.3, 0.4) is 0 Å². The van der Waals surface area contributed by atoms with Crippen LogP contribution in [-0.2, 0) is 4.79 Å². The van der Waals surface area contributed by atoms with Gasteiger partial charge in [0.1, 0.15) is 5.75 Å². The summed E-state index contributed by atoms with van der Waals surface area (Å²) in [6.45, 7) is 0. The summed E-state index contributed by atoms with van der Waals surface area (Å²) in [5.41, 5.74) is 1.90. The van der Waals surface area contributed by atoms with E-state index >= 15 is 0 Å². The predicted octanol–water partition coefficient (Wildman–Crippen LogP) is 3.62. The van der Waals surface area contributed by atoms with Crippen molar-refractivity contribution in [1.82, 2.24) is 10.2 Å². The molecule has 0 aliphatic rings. The quantitative estimate of drug-likeness (QED) is 0.577. The molecule has 5 heteroatoms. The van der Waals surface area contributed by atoms with Crippen LogP contribution in [-0.4, -0.2) is 28.2 Å². The van der Waals surface area contributed by atoms with Gasteiger partial charge in [-0.25, -0.2) is 0 Å². The summed E-state index contributed by atoms with van der Waals surface area (Å²) in [5, 5.41) is 7.76. The lowest BCUT2D eigenvalue weighted by atomic mass is 10.0. The SMILES string of the molecule is CSC[C@H](C(=O)Oc1ccc2[nH]ncc2c1)c1ccccc1. The topological polar surface area (TPSA) is 55.0 Å². The summed E-state index contributed by atoms with van der Waals surface area (Å²) in [6.07, 6.45) is 3.70. The minimum Gasteiger partial charge on any atom is -0.426 e. The molecule has 3 aromatic rings. The monoisotopic (exact) mass is 312 g/mol. The Kier molecular flexibility index (Phi) is 4.44. The molecule has 0 fully saturated rings. The number of carbonyl (C=O) groups is 1. The number of aromatic amines is 1. The Balaban J connectivity index is 1.81. The molecule has 112 valence electrons. The molecule has 0 amide bonds. The smallest absolute Gasteiger partial charge is 0.319 e. The van der Waals surface area contributed by atoms with Crippen molar-refractivity contribution in [1.29, 1.82) is 0 Å². The fraction of sp³-hybridized carbons (Fsp3) is 0.176. The zero-order valence-electron chi connectivity index (χ0n) is 12.2. The molecule has 22 heavy (non-hydrogen) atoms. The van der Waals surface area contributed by atoms with E-state index in [-0.39, 0.29) is 11.9 Å². The highest BCUT2D eigenvalue weighted by atomic mass is 32.2. The number of thioether (sulfide) groups is 1. The molecule has 4 nitrogen and oxygen atoms in total. The van der Waals surface area contributed by atoms with Gasteiger partial charge in [-0.15, -0.1) is 0 Å². The maximum absolute atomic E-state index is 12.5. The fourth-order valence-electron chi connectivity index (χ4n) is 2.32. The minimum absolute atomic E-state index is 0.233. The highest BCUT2D eigenvalue weighted by molar-refractivity contribution is 7.98. The molecule has 2 aromatic carbocycles. The molecule has 0 aliphatic carbocycles. The van der Waals surface area contributed by atoms with Crippen molar-refractivity contribution in [3.63, 3.8) is 0 Å². The van der Waals surface area contributed by atoms with Crippen LogP contribution in [0, 0.1) is 0 Å². The molecular formula is C17H16N2O2S. The third-order valence-corrected chi connectivity index (χ3v) is 4.12. The Morgan fingerprint density at radius 2 is 2.09 bits per heavy atom. The molecule has 0 saturated heterocycles. The molecule has 1 heterocycles. The van der Waals surface area contributed by atoms with Crippen LogP contribution < -0.4 is 4.74 Å². The van der Waals surface area contributed by atoms with E-state index in [1.54, 1.807) is 24.0 Å². The lowest BCUT2D eigenvalue weighted by molar-refractivity contribution is -0.135. The van der Waals surface area contributed by atoms with Gasteiger partial charge < -0.3 is 4.74 Å². The van der Waals surface area contributed by atoms with Crippen molar-refractivity contribution in [3.05, 3.63) is 60.3 Å². The van der Waals surface area contributed by atoms with Gasteiger partial charge in [0.15, 0.2) is 0 Å². The van der Waals surface area contributed by atoms with Gasteiger partial charge in [-0.1, -0.05) is 30.3 Å².